The molecule has 4 nitrogen and oxygen atoms in total. The molecule has 1 saturated heterocycles. The maximum absolute atomic E-state index is 4.85. The molecule has 0 spiro atoms. The van der Waals surface area contributed by atoms with Gasteiger partial charge in [0, 0.05) is 33.2 Å². The van der Waals surface area contributed by atoms with Crippen LogP contribution < -0.4 is 5.32 Å². The minimum absolute atomic E-state index is 0.375. The molecule has 1 unspecified atom stereocenters. The van der Waals surface area contributed by atoms with Crippen molar-refractivity contribution in [3.8, 4) is 0 Å². The topological polar surface area (TPSA) is 33.1 Å². The lowest BCUT2D eigenvalue weighted by atomic mass is 10.2. The number of piperazine rings is 1. The first-order chi connectivity index (χ1) is 9.16. The summed E-state index contributed by atoms with van der Waals surface area (Å²) in [6.45, 7) is 8.74. The van der Waals surface area contributed by atoms with Crippen LogP contribution in [-0.2, 0) is 7.05 Å². The Morgan fingerprint density at radius 3 is 2.74 bits per heavy atom. The molecule has 0 saturated carbocycles. The Morgan fingerprint density at radius 2 is 2.00 bits per heavy atom. The van der Waals surface area contributed by atoms with E-state index in [1.807, 2.05) is 0 Å². The minimum atomic E-state index is 0.375. The average Bonchev–Trinajstić information content (AvgIpc) is 2.75. The summed E-state index contributed by atoms with van der Waals surface area (Å²) in [5.41, 5.74) is 3.61. The third-order valence-corrected chi connectivity index (χ3v) is 4.14. The number of rotatable bonds is 2. The highest BCUT2D eigenvalue weighted by Gasteiger charge is 2.22. The Bertz CT molecular complexity index is 581. The first-order valence-corrected chi connectivity index (χ1v) is 7.04. The lowest BCUT2D eigenvalue weighted by Gasteiger charge is -2.32. The minimum Gasteiger partial charge on any atom is -0.330 e. The predicted molar refractivity (Wildman–Crippen MR) is 78.3 cm³/mol. The van der Waals surface area contributed by atoms with E-state index in [1.54, 1.807) is 0 Å². The fraction of sp³-hybridized carbons (Fsp3) is 0.533. The predicted octanol–water partition coefficient (Wildman–Crippen LogP) is 1.85. The summed E-state index contributed by atoms with van der Waals surface area (Å²) >= 11 is 0. The zero-order valence-corrected chi connectivity index (χ0v) is 12.0. The largest absolute Gasteiger partial charge is 0.330 e. The number of fused-ring (bicyclic) bond motifs is 1. The van der Waals surface area contributed by atoms with Gasteiger partial charge in [-0.05, 0) is 31.5 Å². The molecule has 1 aromatic carbocycles. The van der Waals surface area contributed by atoms with Gasteiger partial charge in [0.2, 0.25) is 0 Å². The van der Waals surface area contributed by atoms with E-state index in [9.17, 15) is 0 Å². The van der Waals surface area contributed by atoms with Crippen LogP contribution in [0.1, 0.15) is 24.4 Å². The van der Waals surface area contributed by atoms with Crippen molar-refractivity contribution in [3.63, 3.8) is 0 Å². The maximum Gasteiger partial charge on any atom is 0.126 e. The van der Waals surface area contributed by atoms with E-state index in [0.717, 1.165) is 31.7 Å². The Morgan fingerprint density at radius 1 is 1.26 bits per heavy atom. The van der Waals surface area contributed by atoms with Crippen molar-refractivity contribution in [1.29, 1.82) is 0 Å². The second-order valence-corrected chi connectivity index (χ2v) is 5.48. The van der Waals surface area contributed by atoms with Gasteiger partial charge in [-0.3, -0.25) is 4.90 Å². The van der Waals surface area contributed by atoms with Crippen molar-refractivity contribution in [2.75, 3.05) is 26.2 Å². The number of aryl methyl sites for hydroxylation is 2. The molecule has 1 N–H and O–H groups in total. The number of aromatic nitrogens is 2. The lowest BCUT2D eigenvalue weighted by Crippen LogP contribution is -2.44. The van der Waals surface area contributed by atoms with Gasteiger partial charge in [0.1, 0.15) is 5.82 Å². The summed E-state index contributed by atoms with van der Waals surface area (Å²) in [5.74, 6) is 1.17. The Kier molecular flexibility index (Phi) is 3.29. The molecule has 2 aromatic rings. The highest BCUT2D eigenvalue weighted by molar-refractivity contribution is 5.76. The van der Waals surface area contributed by atoms with Crippen LogP contribution in [0.2, 0.25) is 0 Å². The quantitative estimate of drug-likeness (QED) is 0.892. The molecule has 1 aliphatic heterocycles. The second-order valence-electron chi connectivity index (χ2n) is 5.48. The fourth-order valence-electron chi connectivity index (χ4n) is 2.93. The fourth-order valence-corrected chi connectivity index (χ4v) is 2.93. The van der Waals surface area contributed by atoms with Gasteiger partial charge in [0.15, 0.2) is 0 Å². The van der Waals surface area contributed by atoms with Crippen molar-refractivity contribution < 1.29 is 0 Å². The number of benzene rings is 1. The Hall–Kier alpha value is -1.39. The Balaban J connectivity index is 1.97. The second kappa shape index (κ2) is 4.94. The monoisotopic (exact) mass is 258 g/mol. The smallest absolute Gasteiger partial charge is 0.126 e. The van der Waals surface area contributed by atoms with E-state index < -0.39 is 0 Å². The van der Waals surface area contributed by atoms with Crippen molar-refractivity contribution in [2.24, 2.45) is 7.05 Å². The zero-order valence-electron chi connectivity index (χ0n) is 12.0. The van der Waals surface area contributed by atoms with Crippen LogP contribution in [0.3, 0.4) is 0 Å². The Labute approximate surface area is 114 Å². The molecule has 4 heteroatoms. The van der Waals surface area contributed by atoms with Gasteiger partial charge in [-0.25, -0.2) is 4.98 Å². The molecule has 0 amide bonds. The highest BCUT2D eigenvalue weighted by Crippen LogP contribution is 2.24. The lowest BCUT2D eigenvalue weighted by molar-refractivity contribution is 0.177. The molecule has 19 heavy (non-hydrogen) atoms. The van der Waals surface area contributed by atoms with Crippen molar-refractivity contribution >= 4 is 11.0 Å². The molecule has 0 aliphatic carbocycles. The molecular weight excluding hydrogens is 236 g/mol. The normalized spacial score (nSPS) is 18.9. The third-order valence-electron chi connectivity index (χ3n) is 4.14. The van der Waals surface area contributed by atoms with Gasteiger partial charge in [-0.1, -0.05) is 6.07 Å². The molecule has 0 bridgehead atoms. The number of nitrogens with one attached hydrogen (secondary N) is 1. The van der Waals surface area contributed by atoms with E-state index in [2.05, 4.69) is 53.9 Å². The summed E-state index contributed by atoms with van der Waals surface area (Å²) in [7, 11) is 2.12. The molecule has 3 rings (SSSR count). The molecule has 1 atom stereocenters. The maximum atomic E-state index is 4.85. The van der Waals surface area contributed by atoms with Crippen LogP contribution in [-0.4, -0.2) is 40.6 Å². The summed E-state index contributed by atoms with van der Waals surface area (Å²) in [4.78, 5) is 7.35. The van der Waals surface area contributed by atoms with E-state index in [4.69, 9.17) is 4.98 Å². The van der Waals surface area contributed by atoms with Crippen LogP contribution in [0.4, 0.5) is 0 Å². The first kappa shape index (κ1) is 12.6. The summed E-state index contributed by atoms with van der Waals surface area (Å²) in [6.07, 6.45) is 0. The van der Waals surface area contributed by atoms with Crippen LogP contribution in [0.15, 0.2) is 18.2 Å². The van der Waals surface area contributed by atoms with Gasteiger partial charge in [0.25, 0.3) is 0 Å². The molecule has 102 valence electrons. The van der Waals surface area contributed by atoms with E-state index in [0.29, 0.717) is 6.04 Å². The van der Waals surface area contributed by atoms with Gasteiger partial charge in [-0.15, -0.1) is 0 Å². The van der Waals surface area contributed by atoms with Crippen molar-refractivity contribution in [2.45, 2.75) is 19.9 Å². The third kappa shape index (κ3) is 2.26. The molecule has 0 radical (unpaired) electrons. The highest BCUT2D eigenvalue weighted by atomic mass is 15.2. The SMILES string of the molecule is Cc1ccc2c(c1)nc(C(C)N1CCNCC1)n2C. The molecule has 1 fully saturated rings. The van der Waals surface area contributed by atoms with Crippen LogP contribution in [0.5, 0.6) is 0 Å². The number of hydrogen-bond donors (Lipinski definition) is 1. The molecule has 2 heterocycles. The molecule has 1 aromatic heterocycles. The summed E-state index contributed by atoms with van der Waals surface area (Å²) < 4.78 is 2.24. The van der Waals surface area contributed by atoms with Gasteiger partial charge in [-0.2, -0.15) is 0 Å². The van der Waals surface area contributed by atoms with Gasteiger partial charge < -0.3 is 9.88 Å². The van der Waals surface area contributed by atoms with E-state index >= 15 is 0 Å². The summed E-state index contributed by atoms with van der Waals surface area (Å²) in [6, 6.07) is 6.87. The van der Waals surface area contributed by atoms with Crippen LogP contribution in [0, 0.1) is 6.92 Å². The van der Waals surface area contributed by atoms with E-state index in [1.165, 1.54) is 16.9 Å². The number of hydrogen-bond acceptors (Lipinski definition) is 3. The summed E-state index contributed by atoms with van der Waals surface area (Å²) in [5, 5.41) is 3.40. The van der Waals surface area contributed by atoms with Crippen LogP contribution in [0.25, 0.3) is 11.0 Å². The van der Waals surface area contributed by atoms with Crippen molar-refractivity contribution in [1.82, 2.24) is 19.8 Å². The van der Waals surface area contributed by atoms with Crippen molar-refractivity contribution in [3.05, 3.63) is 29.6 Å². The van der Waals surface area contributed by atoms with E-state index in [-0.39, 0.29) is 0 Å². The van der Waals surface area contributed by atoms with Gasteiger partial charge >= 0.3 is 0 Å². The number of nitrogens with zero attached hydrogens (tertiary/aromatic N) is 3. The van der Waals surface area contributed by atoms with Crippen LogP contribution >= 0.6 is 0 Å². The number of imidazole rings is 1. The standard InChI is InChI=1S/C15H22N4/c1-11-4-5-14-13(10-11)17-15(18(14)3)12(2)19-8-6-16-7-9-19/h4-5,10,12,16H,6-9H2,1-3H3. The van der Waals surface area contributed by atoms with Gasteiger partial charge in [0.05, 0.1) is 17.1 Å². The zero-order chi connectivity index (χ0) is 13.4. The first-order valence-electron chi connectivity index (χ1n) is 7.04. The average molecular weight is 258 g/mol. The molecule has 1 aliphatic rings. The molecular formula is C15H22N4.